The molecule has 2 atom stereocenters. The van der Waals surface area contributed by atoms with Crippen LogP contribution in [-0.2, 0) is 4.79 Å². The zero-order chi connectivity index (χ0) is 12.6. The Hall–Kier alpha value is -1.26. The van der Waals surface area contributed by atoms with Gasteiger partial charge in [0, 0.05) is 6.04 Å². The Labute approximate surface area is 96.6 Å². The van der Waals surface area contributed by atoms with Crippen molar-refractivity contribution in [3.63, 3.8) is 0 Å². The van der Waals surface area contributed by atoms with E-state index in [2.05, 4.69) is 17.6 Å². The molecule has 0 radical (unpaired) electrons. The summed E-state index contributed by atoms with van der Waals surface area (Å²) in [7, 11) is 0. The van der Waals surface area contributed by atoms with E-state index in [1.165, 1.54) is 6.92 Å². The Kier molecular flexibility index (Phi) is 7.33. The molecule has 0 aromatic rings. The fraction of sp³-hybridized carbons (Fsp3) is 0.818. The van der Waals surface area contributed by atoms with E-state index in [4.69, 9.17) is 5.11 Å². The molecule has 0 saturated carbocycles. The average molecular weight is 230 g/mol. The van der Waals surface area contributed by atoms with Crippen molar-refractivity contribution in [2.24, 2.45) is 0 Å². The van der Waals surface area contributed by atoms with Crippen molar-refractivity contribution in [3.05, 3.63) is 0 Å². The van der Waals surface area contributed by atoms with Crippen LogP contribution < -0.4 is 10.6 Å². The first kappa shape index (κ1) is 14.7. The van der Waals surface area contributed by atoms with Crippen LogP contribution in [0, 0.1) is 0 Å². The minimum Gasteiger partial charge on any atom is -0.480 e. The van der Waals surface area contributed by atoms with E-state index >= 15 is 0 Å². The van der Waals surface area contributed by atoms with Gasteiger partial charge in [0.1, 0.15) is 6.04 Å². The largest absolute Gasteiger partial charge is 0.480 e. The number of rotatable bonds is 7. The Morgan fingerprint density at radius 2 is 1.81 bits per heavy atom. The number of carbonyl (C=O) groups is 2. The van der Waals surface area contributed by atoms with Crippen LogP contribution in [0.2, 0.25) is 0 Å². The second-order valence-corrected chi connectivity index (χ2v) is 4.07. The third-order valence-corrected chi connectivity index (χ3v) is 2.34. The molecule has 94 valence electrons. The molecule has 0 aliphatic rings. The summed E-state index contributed by atoms with van der Waals surface area (Å²) in [4.78, 5) is 21.8. The van der Waals surface area contributed by atoms with E-state index in [-0.39, 0.29) is 6.04 Å². The quantitative estimate of drug-likeness (QED) is 0.583. The minimum absolute atomic E-state index is 0.0764. The van der Waals surface area contributed by atoms with E-state index in [1.54, 1.807) is 0 Å². The highest BCUT2D eigenvalue weighted by Crippen LogP contribution is 2.02. The lowest BCUT2D eigenvalue weighted by atomic mass is 10.1. The first-order chi connectivity index (χ1) is 7.47. The number of nitrogens with one attached hydrogen (secondary N) is 2. The van der Waals surface area contributed by atoms with E-state index in [0.717, 1.165) is 25.7 Å². The van der Waals surface area contributed by atoms with Gasteiger partial charge in [-0.2, -0.15) is 0 Å². The van der Waals surface area contributed by atoms with Gasteiger partial charge in [-0.1, -0.05) is 26.2 Å². The van der Waals surface area contributed by atoms with Gasteiger partial charge < -0.3 is 15.7 Å². The number of unbranched alkanes of at least 4 members (excludes halogenated alkanes) is 2. The maximum Gasteiger partial charge on any atom is 0.325 e. The number of carboxylic acid groups (broad SMARTS) is 1. The van der Waals surface area contributed by atoms with Crippen molar-refractivity contribution in [1.29, 1.82) is 0 Å². The molecule has 0 fully saturated rings. The molecule has 0 unspecified atom stereocenters. The van der Waals surface area contributed by atoms with Gasteiger partial charge in [-0.3, -0.25) is 4.79 Å². The van der Waals surface area contributed by atoms with Gasteiger partial charge in [-0.15, -0.1) is 0 Å². The van der Waals surface area contributed by atoms with Crippen LogP contribution in [0.15, 0.2) is 0 Å². The fourth-order valence-corrected chi connectivity index (χ4v) is 1.30. The summed E-state index contributed by atoms with van der Waals surface area (Å²) in [6.07, 6.45) is 4.29. The van der Waals surface area contributed by atoms with Gasteiger partial charge in [-0.05, 0) is 20.3 Å². The Balaban J connectivity index is 3.73. The van der Waals surface area contributed by atoms with Crippen LogP contribution in [0.25, 0.3) is 0 Å². The molecule has 0 bridgehead atoms. The second-order valence-electron chi connectivity index (χ2n) is 4.07. The smallest absolute Gasteiger partial charge is 0.325 e. The highest BCUT2D eigenvalue weighted by atomic mass is 16.4. The average Bonchev–Trinajstić information content (AvgIpc) is 2.17. The highest BCUT2D eigenvalue weighted by Gasteiger charge is 2.14. The molecular formula is C11H22N2O3. The normalized spacial score (nSPS) is 13.9. The molecule has 0 heterocycles. The van der Waals surface area contributed by atoms with Crippen molar-refractivity contribution < 1.29 is 14.7 Å². The minimum atomic E-state index is -1.03. The zero-order valence-corrected chi connectivity index (χ0v) is 10.2. The van der Waals surface area contributed by atoms with Crippen LogP contribution in [0.1, 0.15) is 46.5 Å². The van der Waals surface area contributed by atoms with Gasteiger partial charge in [0.05, 0.1) is 0 Å². The van der Waals surface area contributed by atoms with Crippen LogP contribution in [0.4, 0.5) is 4.79 Å². The van der Waals surface area contributed by atoms with Gasteiger partial charge in [0.25, 0.3) is 0 Å². The Morgan fingerprint density at radius 3 is 2.31 bits per heavy atom. The molecule has 0 rings (SSSR count). The number of aliphatic carboxylic acids is 1. The highest BCUT2D eigenvalue weighted by molar-refractivity contribution is 5.82. The molecule has 0 aliphatic heterocycles. The van der Waals surface area contributed by atoms with E-state index < -0.39 is 18.0 Å². The standard InChI is InChI=1S/C11H22N2O3/c1-4-5-6-7-8(2)12-11(16)13-9(3)10(14)15/h8-9H,4-7H2,1-3H3,(H,14,15)(H2,12,13,16)/t8-,9+/m0/s1. The van der Waals surface area contributed by atoms with E-state index in [9.17, 15) is 9.59 Å². The molecule has 3 N–H and O–H groups in total. The topological polar surface area (TPSA) is 78.4 Å². The van der Waals surface area contributed by atoms with E-state index in [0.29, 0.717) is 0 Å². The van der Waals surface area contributed by atoms with Gasteiger partial charge in [-0.25, -0.2) is 4.79 Å². The summed E-state index contributed by atoms with van der Waals surface area (Å²) < 4.78 is 0. The molecule has 5 heteroatoms. The van der Waals surface area contributed by atoms with Gasteiger partial charge in [0.2, 0.25) is 0 Å². The van der Waals surface area contributed by atoms with Crippen LogP contribution in [-0.4, -0.2) is 29.2 Å². The summed E-state index contributed by atoms with van der Waals surface area (Å²) in [5, 5.41) is 13.7. The third kappa shape index (κ3) is 7.09. The van der Waals surface area contributed by atoms with Crippen LogP contribution in [0.5, 0.6) is 0 Å². The Morgan fingerprint density at radius 1 is 1.19 bits per heavy atom. The number of carbonyl (C=O) groups excluding carboxylic acids is 1. The second kappa shape index (κ2) is 7.96. The molecule has 5 nitrogen and oxygen atoms in total. The number of hydrogen-bond donors (Lipinski definition) is 3. The van der Waals surface area contributed by atoms with Crippen LogP contribution in [0.3, 0.4) is 0 Å². The number of carboxylic acids is 1. The van der Waals surface area contributed by atoms with Crippen LogP contribution >= 0.6 is 0 Å². The molecule has 0 aliphatic carbocycles. The lowest BCUT2D eigenvalue weighted by molar-refractivity contribution is -0.138. The summed E-state index contributed by atoms with van der Waals surface area (Å²) in [5.74, 6) is -1.03. The van der Waals surface area contributed by atoms with Crippen molar-refractivity contribution in [1.82, 2.24) is 10.6 Å². The molecule has 2 amide bonds. The monoisotopic (exact) mass is 230 g/mol. The van der Waals surface area contributed by atoms with Crippen molar-refractivity contribution >= 4 is 12.0 Å². The third-order valence-electron chi connectivity index (χ3n) is 2.34. The zero-order valence-electron chi connectivity index (χ0n) is 10.2. The number of hydrogen-bond acceptors (Lipinski definition) is 2. The van der Waals surface area contributed by atoms with Crippen molar-refractivity contribution in [3.8, 4) is 0 Å². The molecule has 0 saturated heterocycles. The lowest BCUT2D eigenvalue weighted by Gasteiger charge is -2.16. The predicted molar refractivity (Wildman–Crippen MR) is 62.4 cm³/mol. The maximum absolute atomic E-state index is 11.3. The first-order valence-electron chi connectivity index (χ1n) is 5.77. The van der Waals surface area contributed by atoms with E-state index in [1.807, 2.05) is 6.92 Å². The Bertz CT molecular complexity index is 231. The number of urea groups is 1. The summed E-state index contributed by atoms with van der Waals surface area (Å²) in [5.41, 5.74) is 0. The van der Waals surface area contributed by atoms with Gasteiger partial charge >= 0.3 is 12.0 Å². The molecule has 0 spiro atoms. The molecule has 0 aromatic carbocycles. The number of amides is 2. The first-order valence-corrected chi connectivity index (χ1v) is 5.77. The SMILES string of the molecule is CCCCC[C@H](C)NC(=O)N[C@H](C)C(=O)O. The van der Waals surface area contributed by atoms with Gasteiger partial charge in [0.15, 0.2) is 0 Å². The molecule has 0 aromatic heterocycles. The summed E-state index contributed by atoms with van der Waals surface area (Å²) >= 11 is 0. The lowest BCUT2D eigenvalue weighted by Crippen LogP contribution is -2.47. The predicted octanol–water partition coefficient (Wildman–Crippen LogP) is 1.73. The summed E-state index contributed by atoms with van der Waals surface area (Å²) in [6, 6.07) is -1.20. The summed E-state index contributed by atoms with van der Waals surface area (Å²) in [6.45, 7) is 5.48. The van der Waals surface area contributed by atoms with Crippen molar-refractivity contribution in [2.75, 3.05) is 0 Å². The maximum atomic E-state index is 11.3. The fourth-order valence-electron chi connectivity index (χ4n) is 1.30. The van der Waals surface area contributed by atoms with Crippen molar-refractivity contribution in [2.45, 2.75) is 58.5 Å². The molecule has 16 heavy (non-hydrogen) atoms. The molecular weight excluding hydrogens is 208 g/mol.